The number of amides is 1. The monoisotopic (exact) mass is 951 g/mol. The van der Waals surface area contributed by atoms with Gasteiger partial charge in [-0.25, -0.2) is 44.7 Å². The second kappa shape index (κ2) is 15.6. The number of anilines is 1. The van der Waals surface area contributed by atoms with Crippen LogP contribution in [0.1, 0.15) is 58.2 Å². The number of carbonyl (C=O) groups excluding carboxylic acids is 1. The molecule has 3 aromatic carbocycles. The largest absolute Gasteiger partial charge is 0.344 e. The molecule has 0 unspecified atom stereocenters. The van der Waals surface area contributed by atoms with Gasteiger partial charge in [-0.05, 0) is 66.8 Å². The van der Waals surface area contributed by atoms with E-state index in [1.165, 1.54) is 35.6 Å². The minimum absolute atomic E-state index is 0.000501. The Hall–Kier alpha value is -5.94. The van der Waals surface area contributed by atoms with E-state index >= 15 is 13.6 Å². The van der Waals surface area contributed by atoms with Gasteiger partial charge in [-0.3, -0.25) is 28.2 Å². The lowest BCUT2D eigenvalue weighted by Gasteiger charge is -2.24. The van der Waals surface area contributed by atoms with Crippen LogP contribution in [0, 0.1) is 24.5 Å². The Labute approximate surface area is 364 Å². The average molecular weight is 952 g/mol. The summed E-state index contributed by atoms with van der Waals surface area (Å²) in [5.41, 5.74) is -3.13. The first-order chi connectivity index (χ1) is 30.2. The van der Waals surface area contributed by atoms with E-state index in [4.69, 9.17) is 16.6 Å². The summed E-state index contributed by atoms with van der Waals surface area (Å²) in [7, 11) is -4.12. The maximum atomic E-state index is 15.5. The van der Waals surface area contributed by atoms with Gasteiger partial charge in [-0.2, -0.15) is 19.0 Å². The molecule has 334 valence electrons. The summed E-state index contributed by atoms with van der Waals surface area (Å²) in [5.74, 6) is -9.83. The summed E-state index contributed by atoms with van der Waals surface area (Å²) in [6.45, 7) is -0.440. The van der Waals surface area contributed by atoms with Crippen molar-refractivity contribution in [3.63, 3.8) is 0 Å². The van der Waals surface area contributed by atoms with Gasteiger partial charge < -0.3 is 5.32 Å². The molecule has 2 aliphatic carbocycles. The van der Waals surface area contributed by atoms with Gasteiger partial charge in [-0.1, -0.05) is 17.7 Å². The van der Waals surface area contributed by atoms with Crippen LogP contribution in [0.15, 0.2) is 59.5 Å². The zero-order valence-electron chi connectivity index (χ0n) is 32.9. The minimum atomic E-state index is -4.12. The van der Waals surface area contributed by atoms with Crippen molar-refractivity contribution in [2.75, 3.05) is 11.0 Å². The highest BCUT2D eigenvalue weighted by molar-refractivity contribution is 7.92. The summed E-state index contributed by atoms with van der Waals surface area (Å²) < 4.78 is 146. The Kier molecular flexibility index (Phi) is 10.6. The van der Waals surface area contributed by atoms with Crippen LogP contribution < -0.4 is 15.6 Å². The number of sulfonamides is 1. The summed E-state index contributed by atoms with van der Waals surface area (Å²) in [6, 6.07) is 7.74. The van der Waals surface area contributed by atoms with Crippen molar-refractivity contribution in [1.82, 2.24) is 39.4 Å². The predicted molar refractivity (Wildman–Crippen MR) is 219 cm³/mol. The van der Waals surface area contributed by atoms with Crippen molar-refractivity contribution < 1.29 is 48.3 Å². The van der Waals surface area contributed by atoms with Crippen LogP contribution in [0.3, 0.4) is 0 Å². The van der Waals surface area contributed by atoms with Crippen LogP contribution in [0.25, 0.3) is 37.9 Å². The number of aryl methyl sites for hydroxylation is 1. The van der Waals surface area contributed by atoms with Gasteiger partial charge in [0.05, 0.1) is 54.7 Å². The maximum Gasteiger partial charge on any atom is 0.293 e. The lowest BCUT2D eigenvalue weighted by Crippen LogP contribution is -2.38. The third kappa shape index (κ3) is 7.75. The molecule has 4 heterocycles. The third-order valence-corrected chi connectivity index (χ3v) is 12.8. The van der Waals surface area contributed by atoms with Crippen molar-refractivity contribution >= 4 is 66.5 Å². The average Bonchev–Trinajstić information content (AvgIpc) is 3.40. The number of halogens is 9. The molecule has 64 heavy (non-hydrogen) atoms. The molecule has 4 aromatic heterocycles. The van der Waals surface area contributed by atoms with Crippen molar-refractivity contribution in [3.05, 3.63) is 115 Å². The lowest BCUT2D eigenvalue weighted by molar-refractivity contribution is -0.123. The van der Waals surface area contributed by atoms with Gasteiger partial charge in [0.15, 0.2) is 5.82 Å². The van der Waals surface area contributed by atoms with Gasteiger partial charge in [0, 0.05) is 30.2 Å². The third-order valence-electron chi connectivity index (χ3n) is 10.9. The van der Waals surface area contributed by atoms with E-state index in [0.29, 0.717) is 30.9 Å². The second-order valence-electron chi connectivity index (χ2n) is 15.5. The molecular weight excluding hydrogens is 922 g/mol. The summed E-state index contributed by atoms with van der Waals surface area (Å²) >= 11 is 7.89. The van der Waals surface area contributed by atoms with Crippen LogP contribution in [0.2, 0.25) is 5.02 Å². The molecule has 2 aliphatic rings. The van der Waals surface area contributed by atoms with Crippen LogP contribution >= 0.6 is 22.9 Å². The quantitative estimate of drug-likeness (QED) is 0.110. The summed E-state index contributed by atoms with van der Waals surface area (Å²) in [6.07, 6.45) is -4.59. The molecule has 3 atom stereocenters. The zero-order valence-corrected chi connectivity index (χ0v) is 35.3. The molecule has 24 heteroatoms. The minimum Gasteiger partial charge on any atom is -0.344 e. The Bertz CT molecular complexity index is 3230. The first-order valence-electron chi connectivity index (χ1n) is 19.1. The van der Waals surface area contributed by atoms with Crippen molar-refractivity contribution in [1.29, 1.82) is 0 Å². The fourth-order valence-corrected chi connectivity index (χ4v) is 9.91. The molecule has 13 nitrogen and oxygen atoms in total. The first-order valence-corrected chi connectivity index (χ1v) is 22.2. The smallest absolute Gasteiger partial charge is 0.293 e. The van der Waals surface area contributed by atoms with Gasteiger partial charge in [-0.15, -0.1) is 11.3 Å². The number of alkyl halides is 6. The molecular formula is C40H30ClF8N9O4S2. The van der Waals surface area contributed by atoms with Crippen LogP contribution in [-0.4, -0.2) is 61.1 Å². The van der Waals surface area contributed by atoms with Crippen LogP contribution in [0.5, 0.6) is 0 Å². The van der Waals surface area contributed by atoms with Crippen LogP contribution in [-0.2, 0) is 40.3 Å². The number of hydrogen-bond acceptors (Lipinski definition) is 9. The number of carbonyl (C=O) groups is 1. The molecule has 0 radical (unpaired) electrons. The molecule has 0 bridgehead atoms. The van der Waals surface area contributed by atoms with Crippen molar-refractivity contribution in [2.45, 2.75) is 63.6 Å². The predicted octanol–water partition coefficient (Wildman–Crippen LogP) is 8.18. The second-order valence-corrected chi connectivity index (χ2v) is 18.8. The van der Waals surface area contributed by atoms with E-state index in [-0.39, 0.29) is 50.1 Å². The standard InChI is InChI=1S/C40H30ClF8N9O4S2/c1-16-50-13-28(63-16)18-3-4-21-25(10-18)52-38(58(39(21)60)27-6-5-24(41)32-34(27)56(14-29(44)45)54-37(32)55-64(2,61)62)26(9-17-7-19(42)11-20(43)8-17)51-30(59)15-57-35-31(33(53-57)36(46)47)22-12-23(22)40(35,48)49/h3-8,10-11,13,22-23,26,29,36H,9,12,14-15H2,1-2H3,(H,51,59)(H,54,55)/t22-,23+,26-/m0/s1. The lowest BCUT2D eigenvalue weighted by atomic mass is 10.0. The number of nitrogens with one attached hydrogen (secondary N) is 2. The van der Waals surface area contributed by atoms with E-state index in [9.17, 15) is 39.6 Å². The number of benzene rings is 3. The van der Waals surface area contributed by atoms with Gasteiger partial charge in [0.2, 0.25) is 15.9 Å². The van der Waals surface area contributed by atoms with E-state index in [1.54, 1.807) is 19.2 Å². The molecule has 0 aliphatic heterocycles. The Morgan fingerprint density at radius 1 is 1.03 bits per heavy atom. The highest BCUT2D eigenvalue weighted by Gasteiger charge is 2.67. The van der Waals surface area contributed by atoms with Gasteiger partial charge in [0.1, 0.15) is 41.9 Å². The van der Waals surface area contributed by atoms with Crippen molar-refractivity contribution in [2.24, 2.45) is 5.92 Å². The van der Waals surface area contributed by atoms with Gasteiger partial charge >= 0.3 is 0 Å². The highest BCUT2D eigenvalue weighted by atomic mass is 35.5. The Balaban J connectivity index is 1.28. The van der Waals surface area contributed by atoms with Gasteiger partial charge in [0.25, 0.3) is 24.3 Å². The molecule has 2 N–H and O–H groups in total. The highest BCUT2D eigenvalue weighted by Crippen LogP contribution is 2.68. The van der Waals surface area contributed by atoms with E-state index in [1.807, 2.05) is 0 Å². The normalized spacial score (nSPS) is 17.1. The van der Waals surface area contributed by atoms with E-state index in [0.717, 1.165) is 23.0 Å². The van der Waals surface area contributed by atoms with E-state index < -0.39 is 112 Å². The molecule has 7 aromatic rings. The SMILES string of the molecule is Cc1ncc(-c2ccc3c(=O)n(-c4ccc(Cl)c5c(NS(C)(=O)=O)nn(CC(F)F)c45)c([C@H](Cc4cc(F)cc(F)c4)NC(=O)Cn4nc(C(F)F)c5c4C(F)(F)[C@@H]4C[C@H]54)nc3c2)s1. The van der Waals surface area contributed by atoms with Crippen molar-refractivity contribution in [3.8, 4) is 16.1 Å². The molecule has 1 fully saturated rings. The van der Waals surface area contributed by atoms with Crippen LogP contribution in [0.4, 0.5) is 40.9 Å². The number of rotatable bonds is 13. The molecule has 1 amide bonds. The zero-order chi connectivity index (χ0) is 45.7. The number of fused-ring (bicyclic) bond motifs is 5. The molecule has 9 rings (SSSR count). The molecule has 0 spiro atoms. The first kappa shape index (κ1) is 43.3. The summed E-state index contributed by atoms with van der Waals surface area (Å²) in [4.78, 5) is 38.9. The molecule has 0 saturated heterocycles. The number of thiazole rings is 1. The summed E-state index contributed by atoms with van der Waals surface area (Å²) in [5, 5.41) is 10.6. The maximum absolute atomic E-state index is 15.5. The fourth-order valence-electron chi connectivity index (χ4n) is 8.40. The number of aromatic nitrogens is 7. The van der Waals surface area contributed by atoms with E-state index in [2.05, 4.69) is 25.2 Å². The number of hydrogen-bond donors (Lipinski definition) is 2. The molecule has 1 saturated carbocycles. The Morgan fingerprint density at radius 3 is 2.42 bits per heavy atom. The topological polar surface area (TPSA) is 159 Å². The Morgan fingerprint density at radius 2 is 1.77 bits per heavy atom. The number of nitrogens with zero attached hydrogens (tertiary/aromatic N) is 7. The fraction of sp³-hybridized carbons (Fsp3) is 0.300.